The molecule has 1 N–H and O–H groups in total. The van der Waals surface area contributed by atoms with E-state index in [0.29, 0.717) is 6.54 Å². The summed E-state index contributed by atoms with van der Waals surface area (Å²) in [6.07, 6.45) is 5.18. The number of Topliss-reactive ketones (excluding diaryl/α,β-unsaturated/α-hetero) is 1. The molecule has 1 aliphatic rings. The van der Waals surface area contributed by atoms with E-state index in [0.717, 1.165) is 48.9 Å². The minimum absolute atomic E-state index is 0.190. The van der Waals surface area contributed by atoms with Gasteiger partial charge in [-0.05, 0) is 19.9 Å². The van der Waals surface area contributed by atoms with Crippen LogP contribution in [0.2, 0.25) is 0 Å². The summed E-state index contributed by atoms with van der Waals surface area (Å²) in [6.45, 7) is 7.88. The predicted molar refractivity (Wildman–Crippen MR) is 85.3 cm³/mol. The molecule has 1 saturated heterocycles. The number of H-pyrrole nitrogens is 1. The van der Waals surface area contributed by atoms with Crippen LogP contribution in [0.3, 0.4) is 0 Å². The van der Waals surface area contributed by atoms with Crippen molar-refractivity contribution in [1.82, 2.24) is 19.9 Å². The Hall–Kier alpha value is -2.21. The van der Waals surface area contributed by atoms with Crippen molar-refractivity contribution < 1.29 is 4.79 Å². The van der Waals surface area contributed by atoms with Crippen LogP contribution in [0, 0.1) is 13.8 Å². The van der Waals surface area contributed by atoms with Gasteiger partial charge in [-0.2, -0.15) is 0 Å². The van der Waals surface area contributed by atoms with Crippen molar-refractivity contribution in [3.63, 3.8) is 0 Å². The lowest BCUT2D eigenvalue weighted by molar-refractivity contribution is 0.0926. The number of rotatable bonds is 4. The van der Waals surface area contributed by atoms with Crippen LogP contribution in [0.4, 0.5) is 5.82 Å². The highest BCUT2D eigenvalue weighted by atomic mass is 16.1. The van der Waals surface area contributed by atoms with Gasteiger partial charge in [0.05, 0.1) is 12.7 Å². The van der Waals surface area contributed by atoms with Crippen molar-refractivity contribution in [3.8, 4) is 0 Å². The van der Waals surface area contributed by atoms with E-state index in [4.69, 9.17) is 0 Å². The molecule has 6 nitrogen and oxygen atoms in total. The van der Waals surface area contributed by atoms with Gasteiger partial charge in [0.25, 0.3) is 0 Å². The maximum atomic E-state index is 12.4. The number of aryl methyl sites for hydroxylation is 2. The molecule has 1 fully saturated rings. The van der Waals surface area contributed by atoms with Crippen LogP contribution in [0.5, 0.6) is 0 Å². The van der Waals surface area contributed by atoms with Crippen molar-refractivity contribution in [2.24, 2.45) is 0 Å². The lowest BCUT2D eigenvalue weighted by atomic mass is 10.1. The number of aromatic nitrogens is 3. The van der Waals surface area contributed by atoms with E-state index >= 15 is 0 Å². The molecule has 0 unspecified atom stereocenters. The van der Waals surface area contributed by atoms with Crippen molar-refractivity contribution in [1.29, 1.82) is 0 Å². The first-order valence-corrected chi connectivity index (χ1v) is 7.56. The third kappa shape index (κ3) is 3.17. The molecule has 0 bridgehead atoms. The van der Waals surface area contributed by atoms with Crippen molar-refractivity contribution in [3.05, 3.63) is 41.6 Å². The molecule has 0 aromatic carbocycles. The minimum atomic E-state index is 0.190. The van der Waals surface area contributed by atoms with Crippen LogP contribution >= 0.6 is 0 Å². The van der Waals surface area contributed by atoms with Gasteiger partial charge in [0.15, 0.2) is 5.78 Å². The standard InChI is InChI=1S/C16H21N5O/c1-12-9-14(13(2)19-12)15(22)11-20-5-7-21(8-6-20)16-10-17-3-4-18-16/h3-4,9-10,19H,5-8,11H2,1-2H3. The Balaban J connectivity index is 1.56. The molecule has 0 radical (unpaired) electrons. The fourth-order valence-corrected chi connectivity index (χ4v) is 2.89. The van der Waals surface area contributed by atoms with Gasteiger partial charge < -0.3 is 9.88 Å². The Morgan fingerprint density at radius 2 is 2.00 bits per heavy atom. The van der Waals surface area contributed by atoms with Crippen molar-refractivity contribution in [2.75, 3.05) is 37.6 Å². The second kappa shape index (κ2) is 6.27. The quantitative estimate of drug-likeness (QED) is 0.865. The van der Waals surface area contributed by atoms with Gasteiger partial charge in [-0.1, -0.05) is 0 Å². The predicted octanol–water partition coefficient (Wildman–Crippen LogP) is 1.43. The highest BCUT2D eigenvalue weighted by molar-refractivity contribution is 5.98. The average molecular weight is 299 g/mol. The molecule has 0 aliphatic carbocycles. The van der Waals surface area contributed by atoms with Gasteiger partial charge in [-0.3, -0.25) is 14.7 Å². The Morgan fingerprint density at radius 3 is 2.59 bits per heavy atom. The largest absolute Gasteiger partial charge is 0.362 e. The van der Waals surface area contributed by atoms with E-state index in [-0.39, 0.29) is 5.78 Å². The molecule has 0 saturated carbocycles. The van der Waals surface area contributed by atoms with E-state index < -0.39 is 0 Å². The van der Waals surface area contributed by atoms with E-state index in [9.17, 15) is 4.79 Å². The molecule has 3 rings (SSSR count). The molecular weight excluding hydrogens is 278 g/mol. The van der Waals surface area contributed by atoms with E-state index in [2.05, 4.69) is 24.8 Å². The second-order valence-electron chi connectivity index (χ2n) is 5.74. The van der Waals surface area contributed by atoms with Gasteiger partial charge in [0.2, 0.25) is 0 Å². The molecule has 6 heteroatoms. The van der Waals surface area contributed by atoms with Crippen molar-refractivity contribution in [2.45, 2.75) is 13.8 Å². The number of carbonyl (C=O) groups is 1. The SMILES string of the molecule is Cc1cc(C(=O)CN2CCN(c3cnccn3)CC2)c(C)[nH]1. The summed E-state index contributed by atoms with van der Waals surface area (Å²) in [5.41, 5.74) is 2.81. The Kier molecular flexibility index (Phi) is 4.20. The molecule has 116 valence electrons. The summed E-state index contributed by atoms with van der Waals surface area (Å²) in [5.74, 6) is 1.10. The number of hydrogen-bond acceptors (Lipinski definition) is 5. The molecule has 22 heavy (non-hydrogen) atoms. The minimum Gasteiger partial charge on any atom is -0.362 e. The Labute approximate surface area is 130 Å². The number of aromatic amines is 1. The number of piperazine rings is 1. The van der Waals surface area contributed by atoms with Crippen LogP contribution in [0.15, 0.2) is 24.7 Å². The summed E-state index contributed by atoms with van der Waals surface area (Å²) < 4.78 is 0. The highest BCUT2D eigenvalue weighted by Crippen LogP contribution is 2.14. The summed E-state index contributed by atoms with van der Waals surface area (Å²) in [6, 6.07) is 1.94. The van der Waals surface area contributed by atoms with Crippen LogP contribution in [0.1, 0.15) is 21.7 Å². The molecule has 1 aliphatic heterocycles. The van der Waals surface area contributed by atoms with Gasteiger partial charge in [-0.25, -0.2) is 4.98 Å². The molecule has 2 aromatic rings. The summed E-state index contributed by atoms with van der Waals surface area (Å²) in [7, 11) is 0. The molecule has 0 amide bonds. The third-order valence-electron chi connectivity index (χ3n) is 4.06. The monoisotopic (exact) mass is 299 g/mol. The molecule has 2 aromatic heterocycles. The van der Waals surface area contributed by atoms with E-state index in [1.165, 1.54) is 0 Å². The normalized spacial score (nSPS) is 16.0. The third-order valence-corrected chi connectivity index (χ3v) is 4.06. The zero-order valence-corrected chi connectivity index (χ0v) is 13.0. The van der Waals surface area contributed by atoms with Crippen LogP contribution in [0.25, 0.3) is 0 Å². The maximum absolute atomic E-state index is 12.4. The fraction of sp³-hybridized carbons (Fsp3) is 0.438. The molecular formula is C16H21N5O. The first-order valence-electron chi connectivity index (χ1n) is 7.56. The Morgan fingerprint density at radius 1 is 1.23 bits per heavy atom. The lowest BCUT2D eigenvalue weighted by Gasteiger charge is -2.34. The lowest BCUT2D eigenvalue weighted by Crippen LogP contribution is -2.48. The fourth-order valence-electron chi connectivity index (χ4n) is 2.89. The molecule has 0 atom stereocenters. The number of anilines is 1. The van der Waals surface area contributed by atoms with Crippen LogP contribution in [-0.4, -0.2) is 58.4 Å². The zero-order chi connectivity index (χ0) is 15.5. The molecule has 0 spiro atoms. The van der Waals surface area contributed by atoms with Gasteiger partial charge in [0.1, 0.15) is 5.82 Å². The number of nitrogens with zero attached hydrogens (tertiary/aromatic N) is 4. The van der Waals surface area contributed by atoms with E-state index in [1.807, 2.05) is 19.9 Å². The van der Waals surface area contributed by atoms with Crippen LogP contribution in [-0.2, 0) is 0 Å². The van der Waals surface area contributed by atoms with Gasteiger partial charge >= 0.3 is 0 Å². The van der Waals surface area contributed by atoms with Gasteiger partial charge in [-0.15, -0.1) is 0 Å². The van der Waals surface area contributed by atoms with Crippen molar-refractivity contribution >= 4 is 11.6 Å². The number of hydrogen-bond donors (Lipinski definition) is 1. The van der Waals surface area contributed by atoms with E-state index in [1.54, 1.807) is 18.6 Å². The second-order valence-corrected chi connectivity index (χ2v) is 5.74. The van der Waals surface area contributed by atoms with Crippen LogP contribution < -0.4 is 4.90 Å². The highest BCUT2D eigenvalue weighted by Gasteiger charge is 2.21. The first-order chi connectivity index (χ1) is 10.6. The number of carbonyl (C=O) groups excluding carboxylic acids is 1. The smallest absolute Gasteiger partial charge is 0.178 e. The summed E-state index contributed by atoms with van der Waals surface area (Å²) in [4.78, 5) is 28.4. The topological polar surface area (TPSA) is 65.1 Å². The maximum Gasteiger partial charge on any atom is 0.178 e. The molecule has 3 heterocycles. The number of nitrogens with one attached hydrogen (secondary N) is 1. The Bertz CT molecular complexity index is 644. The zero-order valence-electron chi connectivity index (χ0n) is 13.0. The summed E-state index contributed by atoms with van der Waals surface area (Å²) >= 11 is 0. The van der Waals surface area contributed by atoms with Gasteiger partial charge in [0, 0.05) is 55.5 Å². The number of ketones is 1. The summed E-state index contributed by atoms with van der Waals surface area (Å²) in [5, 5.41) is 0. The average Bonchev–Trinajstić information content (AvgIpc) is 2.88. The first kappa shape index (κ1) is 14.7.